The number of para-hydroxylation sites is 1. The lowest BCUT2D eigenvalue weighted by atomic mass is 9.98. The second-order valence-electron chi connectivity index (χ2n) is 9.44. The summed E-state index contributed by atoms with van der Waals surface area (Å²) in [4.78, 5) is 11.7. The summed E-state index contributed by atoms with van der Waals surface area (Å²) < 4.78 is 2.68. The van der Waals surface area contributed by atoms with Crippen LogP contribution in [0.25, 0.3) is 10.9 Å². The van der Waals surface area contributed by atoms with E-state index in [2.05, 4.69) is 47.9 Å². The van der Waals surface area contributed by atoms with Crippen molar-refractivity contribution < 1.29 is 4.79 Å². The molecule has 0 radical (unpaired) electrons. The number of Topliss-reactive ketones (excluding diaryl/α,β-unsaturated/α-hetero) is 1. The summed E-state index contributed by atoms with van der Waals surface area (Å²) in [5.41, 5.74) is 6.54. The first-order valence-corrected chi connectivity index (χ1v) is 12.4. The Morgan fingerprint density at radius 2 is 1.68 bits per heavy atom. The Labute approximate surface area is 187 Å². The molecule has 0 aliphatic heterocycles. The maximum Gasteiger partial charge on any atom is 0.159 e. The molecule has 0 N–H and O–H groups in total. The largest absolute Gasteiger partial charge is 0.344 e. The second-order valence-corrected chi connectivity index (χ2v) is 9.44. The Morgan fingerprint density at radius 3 is 2.35 bits per heavy atom. The highest BCUT2D eigenvalue weighted by Gasteiger charge is 2.20. The lowest BCUT2D eigenvalue weighted by Gasteiger charge is -2.19. The lowest BCUT2D eigenvalue weighted by molar-refractivity contribution is 0.101. The Hall–Kier alpha value is -2.35. The third-order valence-corrected chi connectivity index (χ3v) is 7.12. The Bertz CT molecular complexity index is 1000. The van der Waals surface area contributed by atoms with Crippen LogP contribution in [0.5, 0.6) is 0 Å². The molecule has 2 aromatic carbocycles. The summed E-state index contributed by atoms with van der Waals surface area (Å²) in [6.07, 6.45) is 12.9. The van der Waals surface area contributed by atoms with Crippen molar-refractivity contribution in [2.45, 2.75) is 84.6 Å². The quantitative estimate of drug-likeness (QED) is 0.272. The zero-order valence-electron chi connectivity index (χ0n) is 19.3. The number of ketones is 1. The average Bonchev–Trinajstić information content (AvgIpc) is 2.93. The Morgan fingerprint density at radius 1 is 0.968 bits per heavy atom. The predicted octanol–water partition coefficient (Wildman–Crippen LogP) is 7.75. The van der Waals surface area contributed by atoms with Crippen molar-refractivity contribution in [1.82, 2.24) is 4.57 Å². The number of unbranched alkanes of at least 4 members (excludes halogenated alkanes) is 1. The van der Waals surface area contributed by atoms with Crippen LogP contribution in [-0.2, 0) is 19.4 Å². The van der Waals surface area contributed by atoms with E-state index >= 15 is 0 Å². The number of carbonyl (C=O) groups is 1. The normalized spacial score (nSPS) is 15.3. The molecule has 0 saturated heterocycles. The molecule has 31 heavy (non-hydrogen) atoms. The molecule has 3 aromatic rings. The minimum atomic E-state index is 0.134. The molecule has 1 fully saturated rings. The van der Waals surface area contributed by atoms with Gasteiger partial charge in [-0.15, -0.1) is 0 Å². The molecular formula is C29H37NO. The molecule has 1 saturated carbocycles. The van der Waals surface area contributed by atoms with Gasteiger partial charge in [0.15, 0.2) is 5.78 Å². The van der Waals surface area contributed by atoms with Crippen LogP contribution in [-0.4, -0.2) is 10.4 Å². The highest BCUT2D eigenvalue weighted by atomic mass is 16.1. The first kappa shape index (κ1) is 21.9. The van der Waals surface area contributed by atoms with Crippen LogP contribution in [0.1, 0.15) is 92.4 Å². The van der Waals surface area contributed by atoms with Gasteiger partial charge in [-0.1, -0.05) is 81.5 Å². The summed E-state index contributed by atoms with van der Waals surface area (Å²) in [7, 11) is 0. The first-order chi connectivity index (χ1) is 15.2. The third-order valence-electron chi connectivity index (χ3n) is 7.12. The van der Waals surface area contributed by atoms with Gasteiger partial charge in [0.1, 0.15) is 0 Å². The van der Waals surface area contributed by atoms with E-state index in [9.17, 15) is 4.79 Å². The summed E-state index contributed by atoms with van der Waals surface area (Å²) in [6.45, 7) is 5.10. The molecule has 0 spiro atoms. The molecule has 1 aliphatic carbocycles. The van der Waals surface area contributed by atoms with E-state index in [0.29, 0.717) is 0 Å². The maximum atomic E-state index is 11.7. The number of fused-ring (bicyclic) bond motifs is 1. The zero-order chi connectivity index (χ0) is 21.6. The fourth-order valence-corrected chi connectivity index (χ4v) is 5.33. The van der Waals surface area contributed by atoms with Crippen LogP contribution in [0.3, 0.4) is 0 Å². The minimum Gasteiger partial charge on any atom is -0.344 e. The number of rotatable bonds is 8. The van der Waals surface area contributed by atoms with Crippen molar-refractivity contribution in [2.24, 2.45) is 5.92 Å². The van der Waals surface area contributed by atoms with Gasteiger partial charge >= 0.3 is 0 Å². The molecule has 2 heteroatoms. The van der Waals surface area contributed by atoms with Crippen molar-refractivity contribution in [3.63, 3.8) is 0 Å². The summed E-state index contributed by atoms with van der Waals surface area (Å²) in [6, 6.07) is 17.3. The number of nitrogens with zero attached hydrogens (tertiary/aromatic N) is 1. The summed E-state index contributed by atoms with van der Waals surface area (Å²) in [5, 5.41) is 1.41. The molecule has 1 aliphatic rings. The van der Waals surface area contributed by atoms with E-state index < -0.39 is 0 Å². The van der Waals surface area contributed by atoms with E-state index in [0.717, 1.165) is 24.3 Å². The number of benzene rings is 2. The smallest absolute Gasteiger partial charge is 0.159 e. The molecule has 0 bridgehead atoms. The van der Waals surface area contributed by atoms with Crippen molar-refractivity contribution in [3.8, 4) is 0 Å². The number of hydrogen-bond donors (Lipinski definition) is 0. The van der Waals surface area contributed by atoms with Crippen LogP contribution in [0, 0.1) is 5.92 Å². The van der Waals surface area contributed by atoms with Crippen molar-refractivity contribution in [1.29, 1.82) is 0 Å². The number of carbonyl (C=O) groups excluding carboxylic acids is 1. The fourth-order valence-electron chi connectivity index (χ4n) is 5.33. The van der Waals surface area contributed by atoms with Gasteiger partial charge in [-0.05, 0) is 62.1 Å². The maximum absolute atomic E-state index is 11.7. The van der Waals surface area contributed by atoms with Crippen LogP contribution >= 0.6 is 0 Å². The third kappa shape index (κ3) is 5.11. The summed E-state index contributed by atoms with van der Waals surface area (Å²) >= 11 is 0. The Kier molecular flexibility index (Phi) is 7.27. The molecule has 0 amide bonds. The lowest BCUT2D eigenvalue weighted by Crippen LogP contribution is -2.13. The van der Waals surface area contributed by atoms with Crippen molar-refractivity contribution >= 4 is 16.7 Å². The standard InChI is InChI=1S/C29H37NO/c1-3-4-14-29-27(20-23-16-18-25(19-17-23)22(2)31)26-13-9-10-15-28(26)30(29)21-24-11-7-5-6-8-12-24/h9-10,13,15-19,24H,3-8,11-12,14,20-21H2,1-2H3. The van der Waals surface area contributed by atoms with Crippen LogP contribution in [0.15, 0.2) is 48.5 Å². The molecule has 4 rings (SSSR count). The van der Waals surface area contributed by atoms with E-state index in [1.807, 2.05) is 12.1 Å². The van der Waals surface area contributed by atoms with Gasteiger partial charge in [-0.25, -0.2) is 0 Å². The second kappa shape index (κ2) is 10.3. The molecule has 164 valence electrons. The molecular weight excluding hydrogens is 378 g/mol. The van der Waals surface area contributed by atoms with Crippen LogP contribution < -0.4 is 0 Å². The monoisotopic (exact) mass is 415 g/mol. The van der Waals surface area contributed by atoms with E-state index in [1.54, 1.807) is 12.6 Å². The molecule has 0 atom stereocenters. The van der Waals surface area contributed by atoms with Gasteiger partial charge in [0.2, 0.25) is 0 Å². The molecule has 0 unspecified atom stereocenters. The van der Waals surface area contributed by atoms with Crippen LogP contribution in [0.4, 0.5) is 0 Å². The van der Waals surface area contributed by atoms with E-state index in [4.69, 9.17) is 0 Å². The zero-order valence-corrected chi connectivity index (χ0v) is 19.3. The van der Waals surface area contributed by atoms with Gasteiger partial charge in [-0.3, -0.25) is 4.79 Å². The molecule has 1 aromatic heterocycles. The average molecular weight is 416 g/mol. The Balaban J connectivity index is 1.73. The van der Waals surface area contributed by atoms with Gasteiger partial charge in [0.05, 0.1) is 0 Å². The summed E-state index contributed by atoms with van der Waals surface area (Å²) in [5.74, 6) is 0.941. The fraction of sp³-hybridized carbons (Fsp3) is 0.483. The van der Waals surface area contributed by atoms with Crippen molar-refractivity contribution in [2.75, 3.05) is 0 Å². The van der Waals surface area contributed by atoms with Crippen molar-refractivity contribution in [3.05, 3.63) is 70.9 Å². The highest BCUT2D eigenvalue weighted by Crippen LogP contribution is 2.33. The number of hydrogen-bond acceptors (Lipinski definition) is 1. The van der Waals surface area contributed by atoms with E-state index in [-0.39, 0.29) is 5.78 Å². The minimum absolute atomic E-state index is 0.134. The van der Waals surface area contributed by atoms with Gasteiger partial charge in [0.25, 0.3) is 0 Å². The first-order valence-electron chi connectivity index (χ1n) is 12.4. The topological polar surface area (TPSA) is 22.0 Å². The molecule has 2 nitrogen and oxygen atoms in total. The SMILES string of the molecule is CCCCc1c(Cc2ccc(C(C)=O)cc2)c2ccccc2n1CC1CCCCCC1. The van der Waals surface area contributed by atoms with Gasteiger partial charge < -0.3 is 4.57 Å². The predicted molar refractivity (Wildman–Crippen MR) is 131 cm³/mol. The van der Waals surface area contributed by atoms with Crippen LogP contribution in [0.2, 0.25) is 0 Å². The molecule has 1 heterocycles. The van der Waals surface area contributed by atoms with Gasteiger partial charge in [-0.2, -0.15) is 0 Å². The van der Waals surface area contributed by atoms with Gasteiger partial charge in [0, 0.05) is 28.7 Å². The number of aromatic nitrogens is 1. The van der Waals surface area contributed by atoms with E-state index in [1.165, 1.54) is 79.9 Å². The highest BCUT2D eigenvalue weighted by molar-refractivity contribution is 5.94.